The van der Waals surface area contributed by atoms with Crippen molar-refractivity contribution < 1.29 is 9.59 Å². The van der Waals surface area contributed by atoms with Crippen molar-refractivity contribution in [1.82, 2.24) is 18.8 Å². The van der Waals surface area contributed by atoms with Crippen LogP contribution in [0, 0.1) is 0 Å². The molecule has 6 aromatic heterocycles. The first-order valence-electron chi connectivity index (χ1n) is 29.0. The Bertz CT molecular complexity index is 5220. The average molecular weight is 1050 g/mol. The van der Waals surface area contributed by atoms with Crippen molar-refractivity contribution in [3.8, 4) is 22.5 Å². The summed E-state index contributed by atoms with van der Waals surface area (Å²) in [5.74, 6) is -0.806. The van der Waals surface area contributed by atoms with Gasteiger partial charge in [0.2, 0.25) is 0 Å². The smallest absolute Gasteiger partial charge is 0.175 e. The molecule has 382 valence electrons. The lowest BCUT2D eigenvalue weighted by Gasteiger charge is -2.30. The van der Waals surface area contributed by atoms with Gasteiger partial charge in [0.15, 0.2) is 11.6 Å². The summed E-state index contributed by atoms with van der Waals surface area (Å²) in [7, 11) is 0. The van der Waals surface area contributed by atoms with E-state index in [-0.39, 0.29) is 23.4 Å². The van der Waals surface area contributed by atoms with E-state index in [1.807, 2.05) is 0 Å². The van der Waals surface area contributed by atoms with Crippen molar-refractivity contribution in [3.05, 3.63) is 271 Å². The fraction of sp³-hybridized carbons (Fsp3) is 0.132. The molecule has 0 amide bonds. The maximum absolute atomic E-state index is 15.9. The van der Waals surface area contributed by atoms with Crippen LogP contribution in [0.25, 0.3) is 98.7 Å². The molecule has 82 heavy (non-hydrogen) atoms. The molecule has 0 radical (unpaired) electrons. The molecule has 0 unspecified atom stereocenters. The summed E-state index contributed by atoms with van der Waals surface area (Å²) in [5.41, 5.74) is 27.8. The van der Waals surface area contributed by atoms with Crippen LogP contribution in [0.2, 0.25) is 0 Å². The van der Waals surface area contributed by atoms with Gasteiger partial charge in [-0.1, -0.05) is 173 Å². The highest BCUT2D eigenvalue weighted by Crippen LogP contribution is 2.62. The summed E-state index contributed by atoms with van der Waals surface area (Å²) in [4.78, 5) is 42.9. The summed E-state index contributed by atoms with van der Waals surface area (Å²) >= 11 is 0. The number of ketones is 2. The quantitative estimate of drug-likeness (QED) is 0.152. The first-order valence-corrected chi connectivity index (χ1v) is 29.0. The van der Waals surface area contributed by atoms with Gasteiger partial charge >= 0.3 is 0 Å². The number of carbonyl (C=O) groups excluding carboxylic acids is 2. The minimum Gasteiger partial charge on any atom is -0.306 e. The van der Waals surface area contributed by atoms with Crippen molar-refractivity contribution >= 4 is 87.8 Å². The molecule has 0 saturated heterocycles. The van der Waals surface area contributed by atoms with Crippen LogP contribution in [-0.4, -0.2) is 30.3 Å². The number of benzene rings is 9. The number of hydrogen-bond acceptors (Lipinski definition) is 4. The zero-order valence-corrected chi connectivity index (χ0v) is 45.2. The minimum atomic E-state index is -0.414. The Hall–Kier alpha value is -9.78. The van der Waals surface area contributed by atoms with Gasteiger partial charge in [-0.15, -0.1) is 0 Å². The zero-order chi connectivity index (χ0) is 53.9. The summed E-state index contributed by atoms with van der Waals surface area (Å²) in [6.07, 6.45) is 4.27. The van der Waals surface area contributed by atoms with Crippen LogP contribution in [0.15, 0.2) is 182 Å². The first-order chi connectivity index (χ1) is 40.1. The lowest BCUT2D eigenvalue weighted by molar-refractivity contribution is 0.0966. The third-order valence-electron chi connectivity index (χ3n) is 21.5. The molecule has 0 fully saturated rings. The number of rotatable bonds is 0. The largest absolute Gasteiger partial charge is 0.306 e. The molecule has 23 rings (SSSR count). The molecule has 6 heterocycles. The van der Waals surface area contributed by atoms with Crippen molar-refractivity contribution in [1.29, 1.82) is 0 Å². The number of Topliss-reactive ketones (excluding diaryl/α,β-unsaturated/α-hetero) is 2. The molecule has 8 aliphatic carbocycles. The van der Waals surface area contributed by atoms with Gasteiger partial charge < -0.3 is 8.80 Å². The van der Waals surface area contributed by atoms with Gasteiger partial charge in [-0.3, -0.25) is 19.6 Å². The highest BCUT2D eigenvalue weighted by molar-refractivity contribution is 6.46. The Morgan fingerprint density at radius 3 is 1.04 bits per heavy atom. The minimum absolute atomic E-state index is 0.136. The Balaban J connectivity index is 1.03. The number of carbonyl (C=O) groups is 2. The molecule has 0 atom stereocenters. The SMILES string of the molecule is CC1(C)c2ccccc2-c2ncc3c(c21)c1c2c4cc5c(cc4n4c6cnc7c(c6c(c6c8cc9c(cc8n3c61)C(=O)C1c3ccccc3C9c3ccccc31)c24)C(C)(C)c1ccccc1-7)C(=O)C1c2ccccc2C5c2ccccc21. The highest BCUT2D eigenvalue weighted by Gasteiger charge is 2.48. The Labute approximate surface area is 469 Å². The van der Waals surface area contributed by atoms with Gasteiger partial charge in [0.25, 0.3) is 0 Å². The van der Waals surface area contributed by atoms with Gasteiger partial charge in [-0.2, -0.15) is 0 Å². The van der Waals surface area contributed by atoms with Crippen LogP contribution in [0.1, 0.15) is 150 Å². The lowest BCUT2D eigenvalue weighted by atomic mass is 9.72. The van der Waals surface area contributed by atoms with Crippen molar-refractivity contribution in [2.75, 3.05) is 0 Å². The third kappa shape index (κ3) is 4.47. The van der Waals surface area contributed by atoms with E-state index in [0.717, 1.165) is 99.8 Å². The van der Waals surface area contributed by atoms with Crippen molar-refractivity contribution in [3.63, 3.8) is 0 Å². The predicted molar refractivity (Wildman–Crippen MR) is 326 cm³/mol. The predicted octanol–water partition coefficient (Wildman–Crippen LogP) is 17.0. The number of fused-ring (bicyclic) bond motifs is 22. The second-order valence-corrected chi connectivity index (χ2v) is 25.6. The van der Waals surface area contributed by atoms with Crippen molar-refractivity contribution in [2.24, 2.45) is 0 Å². The highest BCUT2D eigenvalue weighted by atomic mass is 16.1. The van der Waals surface area contributed by atoms with Crippen LogP contribution in [0.5, 0.6) is 0 Å². The normalized spacial score (nSPS) is 19.7. The summed E-state index contributed by atoms with van der Waals surface area (Å²) < 4.78 is 5.03. The molecule has 0 saturated carbocycles. The molecule has 0 N–H and O–H groups in total. The van der Waals surface area contributed by atoms with E-state index in [2.05, 4.69) is 219 Å². The number of pyridine rings is 2. The Morgan fingerprint density at radius 2 is 0.671 bits per heavy atom. The van der Waals surface area contributed by atoms with Crippen molar-refractivity contribution in [2.45, 2.75) is 62.2 Å². The van der Waals surface area contributed by atoms with Crippen LogP contribution < -0.4 is 0 Å². The standard InChI is InChI=1S/C76H46N4O2/c1-75(2)51-27-15-13-25-43(51)69-67(75)63-55(33-77-69)79-53-31-47-46(58-37-19-7-11-23-41(37)59(73(47)81)42-24-12-8-20-38(42)58)30-50(53)62-66-64-56(34-78-70-44-26-14-16-28-52(44)76(3,4)68(64)70)80-54-32-48-45(29-49(54)61(72(66)80)65(63)71(62)79)57-35-17-5-9-21-39(35)60(74(48)82)40-22-10-6-18-36(40)57/h5-34,57-60H,1-4H3. The average Bonchev–Trinajstić information content (AvgIpc) is 4.38. The van der Waals surface area contributed by atoms with E-state index in [0.29, 0.717) is 0 Å². The second-order valence-electron chi connectivity index (χ2n) is 25.6. The van der Waals surface area contributed by atoms with E-state index >= 15 is 9.59 Å². The van der Waals surface area contributed by atoms with Gasteiger partial charge in [-0.25, -0.2) is 0 Å². The molecular weight excluding hydrogens is 1000 g/mol. The van der Waals surface area contributed by atoms with Gasteiger partial charge in [0.05, 0.1) is 68.7 Å². The summed E-state index contributed by atoms with van der Waals surface area (Å²) in [6, 6.07) is 61.8. The first kappa shape index (κ1) is 43.1. The fourth-order valence-electron chi connectivity index (χ4n) is 18.4. The molecule has 6 heteroatoms. The fourth-order valence-corrected chi connectivity index (χ4v) is 18.4. The Kier molecular flexibility index (Phi) is 7.19. The molecule has 0 aliphatic heterocycles. The maximum atomic E-state index is 15.9. The van der Waals surface area contributed by atoms with Crippen LogP contribution >= 0.6 is 0 Å². The van der Waals surface area contributed by atoms with E-state index in [1.54, 1.807) is 0 Å². The number of nitrogens with zero attached hydrogens (tertiary/aromatic N) is 4. The molecule has 15 aromatic rings. The van der Waals surface area contributed by atoms with E-state index in [4.69, 9.17) is 9.97 Å². The second kappa shape index (κ2) is 13.7. The summed E-state index contributed by atoms with van der Waals surface area (Å²) in [5, 5.41) is 9.34. The number of aromatic nitrogens is 4. The monoisotopic (exact) mass is 1050 g/mol. The topological polar surface area (TPSA) is 68.7 Å². The third-order valence-corrected chi connectivity index (χ3v) is 21.5. The van der Waals surface area contributed by atoms with Crippen LogP contribution in [0.4, 0.5) is 0 Å². The maximum Gasteiger partial charge on any atom is 0.175 e. The molecular formula is C76H46N4O2. The Morgan fingerprint density at radius 1 is 0.341 bits per heavy atom. The van der Waals surface area contributed by atoms with Gasteiger partial charge in [0.1, 0.15) is 0 Å². The van der Waals surface area contributed by atoms with Crippen LogP contribution in [-0.2, 0) is 10.8 Å². The molecule has 4 bridgehead atoms. The molecule has 6 nitrogen and oxygen atoms in total. The molecule has 0 spiro atoms. The molecule has 9 aromatic carbocycles. The van der Waals surface area contributed by atoms with E-state index in [9.17, 15) is 0 Å². The zero-order valence-electron chi connectivity index (χ0n) is 45.2. The van der Waals surface area contributed by atoms with Gasteiger partial charge in [-0.05, 0) is 102 Å². The van der Waals surface area contributed by atoms with E-state index < -0.39 is 22.7 Å². The lowest BCUT2D eigenvalue weighted by Crippen LogP contribution is -2.19. The van der Waals surface area contributed by atoms with Crippen LogP contribution in [0.3, 0.4) is 0 Å². The van der Waals surface area contributed by atoms with E-state index in [1.165, 1.54) is 88.0 Å². The summed E-state index contributed by atoms with van der Waals surface area (Å²) in [6.45, 7) is 9.50. The molecule has 8 aliphatic rings. The number of hydrogen-bond donors (Lipinski definition) is 0. The van der Waals surface area contributed by atoms with Gasteiger partial charge in [0, 0.05) is 88.0 Å².